The van der Waals surface area contributed by atoms with Crippen LogP contribution in [-0.4, -0.2) is 34.9 Å². The Morgan fingerprint density at radius 3 is 1.27 bits per heavy atom. The standard InChI is InChI=1S/C51H91NO3/c1-3-5-7-9-11-13-15-17-19-21-23-25-27-28-30-32-34-36-38-40-42-44-46-50(54)49(48-53)52-51(55)47-45-43-41-39-37-35-33-31-29-26-24-22-20-18-16-14-12-10-8-6-4-2/h6,8,12,14,18,20,24,26,36,38,44,46,49-50,53-54H,3-5,7,9-11,13,15-17,19,21-23,25,27-35,37,39-43,45,47-48H2,1-2H3,(H,52,55)/b8-6-,14-12-,20-18-,26-24-,38-36+,46-44+. The van der Waals surface area contributed by atoms with E-state index < -0.39 is 12.1 Å². The molecule has 0 spiro atoms. The van der Waals surface area contributed by atoms with Gasteiger partial charge in [0.05, 0.1) is 18.8 Å². The second kappa shape index (κ2) is 46.2. The number of carbonyl (C=O) groups is 1. The van der Waals surface area contributed by atoms with E-state index in [1.807, 2.05) is 6.08 Å². The number of amides is 1. The van der Waals surface area contributed by atoms with Crippen LogP contribution < -0.4 is 5.32 Å². The number of hydrogen-bond donors (Lipinski definition) is 3. The van der Waals surface area contributed by atoms with Crippen LogP contribution in [0.25, 0.3) is 0 Å². The van der Waals surface area contributed by atoms with Gasteiger partial charge in [0, 0.05) is 6.42 Å². The number of hydrogen-bond acceptors (Lipinski definition) is 3. The van der Waals surface area contributed by atoms with Crippen LogP contribution in [0.5, 0.6) is 0 Å². The van der Waals surface area contributed by atoms with Crippen LogP contribution in [0.4, 0.5) is 0 Å². The Morgan fingerprint density at radius 1 is 0.455 bits per heavy atom. The third-order valence-electron chi connectivity index (χ3n) is 10.4. The lowest BCUT2D eigenvalue weighted by molar-refractivity contribution is -0.123. The fourth-order valence-electron chi connectivity index (χ4n) is 6.83. The van der Waals surface area contributed by atoms with E-state index in [-0.39, 0.29) is 12.5 Å². The first-order chi connectivity index (χ1) is 27.2. The van der Waals surface area contributed by atoms with Crippen molar-refractivity contribution in [2.24, 2.45) is 0 Å². The van der Waals surface area contributed by atoms with Gasteiger partial charge in [0.25, 0.3) is 0 Å². The van der Waals surface area contributed by atoms with Crippen molar-refractivity contribution < 1.29 is 15.0 Å². The lowest BCUT2D eigenvalue weighted by atomic mass is 10.0. The molecule has 3 N–H and O–H groups in total. The fraction of sp³-hybridized carbons (Fsp3) is 0.745. The van der Waals surface area contributed by atoms with Gasteiger partial charge in [-0.2, -0.15) is 0 Å². The highest BCUT2D eigenvalue weighted by Gasteiger charge is 2.17. The molecular formula is C51H91NO3. The molecule has 0 aliphatic heterocycles. The molecule has 0 radical (unpaired) electrons. The summed E-state index contributed by atoms with van der Waals surface area (Å²) in [6.45, 7) is 4.19. The van der Waals surface area contributed by atoms with Gasteiger partial charge in [-0.15, -0.1) is 0 Å². The Labute approximate surface area is 342 Å². The van der Waals surface area contributed by atoms with Crippen molar-refractivity contribution >= 4 is 5.91 Å². The molecule has 0 fully saturated rings. The molecule has 55 heavy (non-hydrogen) atoms. The topological polar surface area (TPSA) is 69.6 Å². The number of carbonyl (C=O) groups excluding carboxylic acids is 1. The van der Waals surface area contributed by atoms with Crippen LogP contribution in [0.15, 0.2) is 72.9 Å². The lowest BCUT2D eigenvalue weighted by Gasteiger charge is -2.19. The van der Waals surface area contributed by atoms with Gasteiger partial charge in [0.15, 0.2) is 0 Å². The Kier molecular flexibility index (Phi) is 44.4. The second-order valence-corrected chi connectivity index (χ2v) is 15.8. The molecule has 318 valence electrons. The summed E-state index contributed by atoms with van der Waals surface area (Å²) < 4.78 is 0. The zero-order valence-electron chi connectivity index (χ0n) is 36.4. The zero-order chi connectivity index (χ0) is 40.0. The van der Waals surface area contributed by atoms with Crippen LogP contribution >= 0.6 is 0 Å². The van der Waals surface area contributed by atoms with Gasteiger partial charge in [-0.05, 0) is 70.6 Å². The lowest BCUT2D eigenvalue weighted by Crippen LogP contribution is -2.45. The van der Waals surface area contributed by atoms with Gasteiger partial charge in [0.1, 0.15) is 0 Å². The Hall–Kier alpha value is -2.17. The minimum absolute atomic E-state index is 0.0839. The quantitative estimate of drug-likeness (QED) is 0.0428. The third-order valence-corrected chi connectivity index (χ3v) is 10.4. The molecule has 0 heterocycles. The smallest absolute Gasteiger partial charge is 0.220 e. The highest BCUT2D eigenvalue weighted by molar-refractivity contribution is 5.76. The number of aliphatic hydroxyl groups excluding tert-OH is 2. The van der Waals surface area contributed by atoms with E-state index in [0.29, 0.717) is 6.42 Å². The van der Waals surface area contributed by atoms with Crippen molar-refractivity contribution in [1.29, 1.82) is 0 Å². The van der Waals surface area contributed by atoms with Crippen LogP contribution in [0.2, 0.25) is 0 Å². The van der Waals surface area contributed by atoms with Crippen molar-refractivity contribution in [2.75, 3.05) is 6.61 Å². The minimum Gasteiger partial charge on any atom is -0.394 e. The van der Waals surface area contributed by atoms with E-state index >= 15 is 0 Å². The summed E-state index contributed by atoms with van der Waals surface area (Å²) in [5.74, 6) is -0.0839. The Balaban J connectivity index is 3.62. The molecular weight excluding hydrogens is 675 g/mol. The van der Waals surface area contributed by atoms with Gasteiger partial charge in [-0.3, -0.25) is 4.79 Å². The molecule has 0 aromatic heterocycles. The molecule has 0 rings (SSSR count). The molecule has 2 unspecified atom stereocenters. The molecule has 0 bridgehead atoms. The summed E-state index contributed by atoms with van der Waals surface area (Å²) in [7, 11) is 0. The summed E-state index contributed by atoms with van der Waals surface area (Å²) in [5, 5.41) is 23.0. The maximum Gasteiger partial charge on any atom is 0.220 e. The SMILES string of the molecule is CC/C=C\C/C=C\C/C=C\C/C=C\CCCCCCCCCCC(=O)NC(CO)C(O)/C=C/CC/C=C/CCCCCCCCCCCCCCCCCC. The van der Waals surface area contributed by atoms with E-state index in [1.54, 1.807) is 6.08 Å². The van der Waals surface area contributed by atoms with Crippen LogP contribution in [-0.2, 0) is 4.79 Å². The number of allylic oxidation sites excluding steroid dienone is 11. The number of aliphatic hydroxyl groups is 2. The third kappa shape index (κ3) is 42.8. The molecule has 0 aliphatic carbocycles. The van der Waals surface area contributed by atoms with Crippen molar-refractivity contribution in [2.45, 2.75) is 238 Å². The largest absolute Gasteiger partial charge is 0.394 e. The van der Waals surface area contributed by atoms with Gasteiger partial charge in [-0.25, -0.2) is 0 Å². The van der Waals surface area contributed by atoms with Crippen molar-refractivity contribution in [3.63, 3.8) is 0 Å². The molecule has 0 aromatic rings. The fourth-order valence-corrected chi connectivity index (χ4v) is 6.83. The summed E-state index contributed by atoms with van der Waals surface area (Å²) in [6.07, 6.45) is 65.9. The summed E-state index contributed by atoms with van der Waals surface area (Å²) >= 11 is 0. The van der Waals surface area contributed by atoms with E-state index in [4.69, 9.17) is 0 Å². The van der Waals surface area contributed by atoms with Crippen LogP contribution in [0.1, 0.15) is 226 Å². The molecule has 4 nitrogen and oxygen atoms in total. The van der Waals surface area contributed by atoms with E-state index in [0.717, 1.165) is 64.2 Å². The molecule has 1 amide bonds. The number of nitrogens with one attached hydrogen (secondary N) is 1. The first-order valence-electron chi connectivity index (χ1n) is 23.7. The van der Waals surface area contributed by atoms with Crippen molar-refractivity contribution in [1.82, 2.24) is 5.32 Å². The average Bonchev–Trinajstić information content (AvgIpc) is 3.19. The Bertz CT molecular complexity index is 961. The van der Waals surface area contributed by atoms with Crippen molar-refractivity contribution in [3.05, 3.63) is 72.9 Å². The molecule has 0 saturated heterocycles. The molecule has 2 atom stereocenters. The number of unbranched alkanes of at least 4 members (excludes halogenated alkanes) is 25. The molecule has 0 saturated carbocycles. The van der Waals surface area contributed by atoms with Gasteiger partial charge < -0.3 is 15.5 Å². The molecule has 0 aliphatic rings. The normalized spacial score (nSPS) is 13.6. The van der Waals surface area contributed by atoms with Gasteiger partial charge >= 0.3 is 0 Å². The predicted molar refractivity (Wildman–Crippen MR) is 244 cm³/mol. The minimum atomic E-state index is -0.870. The summed E-state index contributed by atoms with van der Waals surface area (Å²) in [5.41, 5.74) is 0. The van der Waals surface area contributed by atoms with E-state index in [2.05, 4.69) is 79.9 Å². The highest BCUT2D eigenvalue weighted by atomic mass is 16.3. The monoisotopic (exact) mass is 766 g/mol. The molecule has 0 aromatic carbocycles. The summed E-state index contributed by atoms with van der Waals surface area (Å²) in [6, 6.07) is -0.647. The maximum atomic E-state index is 12.4. The second-order valence-electron chi connectivity index (χ2n) is 15.8. The first kappa shape index (κ1) is 52.8. The van der Waals surface area contributed by atoms with Crippen molar-refractivity contribution in [3.8, 4) is 0 Å². The van der Waals surface area contributed by atoms with Gasteiger partial charge in [-0.1, -0.05) is 222 Å². The molecule has 4 heteroatoms. The Morgan fingerprint density at radius 2 is 0.818 bits per heavy atom. The average molecular weight is 766 g/mol. The van der Waals surface area contributed by atoms with Crippen LogP contribution in [0, 0.1) is 0 Å². The predicted octanol–water partition coefficient (Wildman–Crippen LogP) is 15.1. The van der Waals surface area contributed by atoms with E-state index in [1.165, 1.54) is 141 Å². The maximum absolute atomic E-state index is 12.4. The van der Waals surface area contributed by atoms with E-state index in [9.17, 15) is 15.0 Å². The van der Waals surface area contributed by atoms with Gasteiger partial charge in [0.2, 0.25) is 5.91 Å². The zero-order valence-corrected chi connectivity index (χ0v) is 36.4. The first-order valence-corrected chi connectivity index (χ1v) is 23.7. The highest BCUT2D eigenvalue weighted by Crippen LogP contribution is 2.15. The van der Waals surface area contributed by atoms with Crippen LogP contribution in [0.3, 0.4) is 0 Å². The number of rotatable bonds is 42. The summed E-state index contributed by atoms with van der Waals surface area (Å²) in [4.78, 5) is 12.4.